The van der Waals surface area contributed by atoms with E-state index in [-0.39, 0.29) is 0 Å². The van der Waals surface area contributed by atoms with Gasteiger partial charge in [-0.1, -0.05) is 188 Å². The number of para-hydroxylation sites is 1. The molecule has 13 rings (SSSR count). The Balaban J connectivity index is 0.966. The molecular weight excluding hydrogens is 799 g/mol. The second-order valence-corrected chi connectivity index (χ2v) is 17.3. The topological polar surface area (TPSA) is 16.4 Å². The number of nitrogens with zero attached hydrogens (tertiary/aromatic N) is 1. The standard InChI is InChI=1S/C64H41NO/c1-2-13-42(14-3-1)52-36-53(50-30-27-43-15-4-5-16-47(43)35-50)38-55(37-52)65(62-24-12-23-59-61-39-48-17-6-7-18-49(48)41-63(61)66-64(59)62)54-33-31-45(32-34-54)44-25-28-46(29-26-44)60-40-51-19-8-9-20-56(51)57-21-10-11-22-58(57)60/h1-41H. The van der Waals surface area contributed by atoms with Crippen LogP contribution in [0.15, 0.2) is 253 Å². The van der Waals surface area contributed by atoms with Crippen LogP contribution in [0.1, 0.15) is 0 Å². The van der Waals surface area contributed by atoms with Crippen LogP contribution in [0.25, 0.3) is 110 Å². The molecule has 0 fully saturated rings. The quantitative estimate of drug-likeness (QED) is 0.149. The average Bonchev–Trinajstić information content (AvgIpc) is 3.76. The van der Waals surface area contributed by atoms with Gasteiger partial charge in [0, 0.05) is 22.1 Å². The van der Waals surface area contributed by atoms with Crippen molar-refractivity contribution in [3.05, 3.63) is 249 Å². The SMILES string of the molecule is c1ccc(-c2cc(-c3ccc4ccccc4c3)cc(N(c3ccc(-c4ccc(-c5cc6ccccc6c6ccccc56)cc4)cc3)c3cccc4c3oc3cc5ccccc5cc34)c2)cc1. The number of anilines is 3. The predicted molar refractivity (Wildman–Crippen MR) is 280 cm³/mol. The van der Waals surface area contributed by atoms with E-state index in [1.165, 1.54) is 48.8 Å². The van der Waals surface area contributed by atoms with Gasteiger partial charge in [-0.2, -0.15) is 0 Å². The number of rotatable bonds is 7. The van der Waals surface area contributed by atoms with E-state index in [4.69, 9.17) is 4.42 Å². The van der Waals surface area contributed by atoms with E-state index in [1.54, 1.807) is 0 Å². The van der Waals surface area contributed by atoms with Crippen LogP contribution in [0.5, 0.6) is 0 Å². The Morgan fingerprint density at radius 2 is 0.803 bits per heavy atom. The molecule has 0 unspecified atom stereocenters. The number of benzene rings is 12. The first-order valence-electron chi connectivity index (χ1n) is 22.6. The molecule has 0 atom stereocenters. The van der Waals surface area contributed by atoms with Crippen molar-refractivity contribution >= 4 is 82.1 Å². The minimum atomic E-state index is 0.848. The summed E-state index contributed by atoms with van der Waals surface area (Å²) in [7, 11) is 0. The number of furan rings is 1. The maximum Gasteiger partial charge on any atom is 0.159 e. The zero-order valence-corrected chi connectivity index (χ0v) is 36.0. The van der Waals surface area contributed by atoms with Gasteiger partial charge in [0.15, 0.2) is 5.58 Å². The van der Waals surface area contributed by atoms with Gasteiger partial charge >= 0.3 is 0 Å². The molecule has 2 nitrogen and oxygen atoms in total. The molecule has 0 aliphatic carbocycles. The summed E-state index contributed by atoms with van der Waals surface area (Å²) in [4.78, 5) is 2.37. The molecule has 1 heterocycles. The molecule has 0 aliphatic heterocycles. The molecule has 0 bridgehead atoms. The van der Waals surface area contributed by atoms with E-state index < -0.39 is 0 Å². The summed E-state index contributed by atoms with van der Waals surface area (Å²) in [6.45, 7) is 0. The zero-order chi connectivity index (χ0) is 43.6. The highest BCUT2D eigenvalue weighted by molar-refractivity contribution is 6.15. The first-order valence-corrected chi connectivity index (χ1v) is 22.6. The molecule has 0 spiro atoms. The van der Waals surface area contributed by atoms with Gasteiger partial charge in [-0.05, 0) is 148 Å². The van der Waals surface area contributed by atoms with Gasteiger partial charge < -0.3 is 9.32 Å². The zero-order valence-electron chi connectivity index (χ0n) is 36.0. The van der Waals surface area contributed by atoms with Gasteiger partial charge in [-0.3, -0.25) is 0 Å². The third kappa shape index (κ3) is 6.50. The number of hydrogen-bond donors (Lipinski definition) is 0. The molecule has 0 amide bonds. The van der Waals surface area contributed by atoms with Crippen molar-refractivity contribution < 1.29 is 4.42 Å². The Morgan fingerprint density at radius 1 is 0.258 bits per heavy atom. The number of hydrogen-bond acceptors (Lipinski definition) is 2. The van der Waals surface area contributed by atoms with Gasteiger partial charge in [0.2, 0.25) is 0 Å². The van der Waals surface area contributed by atoms with Crippen LogP contribution in [0, 0.1) is 0 Å². The summed E-state index contributed by atoms with van der Waals surface area (Å²) in [5, 5.41) is 12.1. The monoisotopic (exact) mass is 839 g/mol. The Labute approximate surface area is 382 Å². The maximum absolute atomic E-state index is 6.94. The smallest absolute Gasteiger partial charge is 0.159 e. The highest BCUT2D eigenvalue weighted by atomic mass is 16.3. The van der Waals surface area contributed by atoms with Crippen molar-refractivity contribution in [2.24, 2.45) is 0 Å². The van der Waals surface area contributed by atoms with Crippen LogP contribution < -0.4 is 4.90 Å². The van der Waals surface area contributed by atoms with E-state index in [2.05, 4.69) is 254 Å². The molecule has 66 heavy (non-hydrogen) atoms. The molecular formula is C64H41NO. The van der Waals surface area contributed by atoms with Gasteiger partial charge in [0.05, 0.1) is 5.69 Å². The summed E-state index contributed by atoms with van der Waals surface area (Å²) in [6.07, 6.45) is 0. The van der Waals surface area contributed by atoms with Gasteiger partial charge in [0.25, 0.3) is 0 Å². The molecule has 0 saturated carbocycles. The molecule has 2 heteroatoms. The van der Waals surface area contributed by atoms with E-state index in [1.807, 2.05) is 0 Å². The molecule has 12 aromatic carbocycles. The van der Waals surface area contributed by atoms with Crippen molar-refractivity contribution in [1.82, 2.24) is 0 Å². The summed E-state index contributed by atoms with van der Waals surface area (Å²) < 4.78 is 6.94. The third-order valence-corrected chi connectivity index (χ3v) is 13.4. The number of fused-ring (bicyclic) bond motifs is 8. The van der Waals surface area contributed by atoms with Crippen LogP contribution >= 0.6 is 0 Å². The van der Waals surface area contributed by atoms with Crippen molar-refractivity contribution in [3.8, 4) is 44.5 Å². The lowest BCUT2D eigenvalue weighted by Crippen LogP contribution is -2.10. The minimum absolute atomic E-state index is 0.848. The lowest BCUT2D eigenvalue weighted by atomic mass is 9.92. The van der Waals surface area contributed by atoms with Crippen LogP contribution in [0.3, 0.4) is 0 Å². The molecule has 0 saturated heterocycles. The van der Waals surface area contributed by atoms with Gasteiger partial charge in [-0.15, -0.1) is 0 Å². The van der Waals surface area contributed by atoms with Gasteiger partial charge in [-0.25, -0.2) is 0 Å². The lowest BCUT2D eigenvalue weighted by Gasteiger charge is -2.27. The van der Waals surface area contributed by atoms with Crippen molar-refractivity contribution in [2.45, 2.75) is 0 Å². The molecule has 0 N–H and O–H groups in total. The fraction of sp³-hybridized carbons (Fsp3) is 0. The fourth-order valence-electron chi connectivity index (χ4n) is 10.1. The first kappa shape index (κ1) is 37.8. The predicted octanol–water partition coefficient (Wildman–Crippen LogP) is 18.3. The van der Waals surface area contributed by atoms with Crippen molar-refractivity contribution in [1.29, 1.82) is 0 Å². The third-order valence-electron chi connectivity index (χ3n) is 13.4. The summed E-state index contributed by atoms with van der Waals surface area (Å²) >= 11 is 0. The maximum atomic E-state index is 6.94. The normalized spacial score (nSPS) is 11.6. The Morgan fingerprint density at radius 3 is 1.56 bits per heavy atom. The second kappa shape index (κ2) is 15.5. The van der Waals surface area contributed by atoms with E-state index in [0.717, 1.165) is 77.8 Å². The fourth-order valence-corrected chi connectivity index (χ4v) is 10.1. The molecule has 0 radical (unpaired) electrons. The summed E-state index contributed by atoms with van der Waals surface area (Å²) in [6, 6.07) is 90.3. The molecule has 0 aliphatic rings. The minimum Gasteiger partial charge on any atom is -0.454 e. The average molecular weight is 840 g/mol. The van der Waals surface area contributed by atoms with Crippen LogP contribution in [-0.2, 0) is 0 Å². The largest absolute Gasteiger partial charge is 0.454 e. The van der Waals surface area contributed by atoms with Crippen LogP contribution in [0.4, 0.5) is 17.1 Å². The van der Waals surface area contributed by atoms with Crippen LogP contribution in [0.2, 0.25) is 0 Å². The van der Waals surface area contributed by atoms with Gasteiger partial charge in [0.1, 0.15) is 5.58 Å². The highest BCUT2D eigenvalue weighted by Crippen LogP contribution is 2.46. The Kier molecular flexibility index (Phi) is 8.89. The Bertz CT molecular complexity index is 3980. The van der Waals surface area contributed by atoms with Crippen molar-refractivity contribution in [3.63, 3.8) is 0 Å². The highest BCUT2D eigenvalue weighted by Gasteiger charge is 2.22. The van der Waals surface area contributed by atoms with E-state index in [9.17, 15) is 0 Å². The van der Waals surface area contributed by atoms with E-state index in [0.29, 0.717) is 0 Å². The van der Waals surface area contributed by atoms with E-state index >= 15 is 0 Å². The lowest BCUT2D eigenvalue weighted by molar-refractivity contribution is 0.669. The van der Waals surface area contributed by atoms with Crippen LogP contribution in [-0.4, -0.2) is 0 Å². The van der Waals surface area contributed by atoms with Crippen molar-refractivity contribution in [2.75, 3.05) is 4.90 Å². The molecule has 308 valence electrons. The second-order valence-electron chi connectivity index (χ2n) is 17.3. The first-order chi connectivity index (χ1) is 32.7. The molecule has 1 aromatic heterocycles. The summed E-state index contributed by atoms with van der Waals surface area (Å²) in [5.74, 6) is 0. The Hall–Kier alpha value is -8.72. The summed E-state index contributed by atoms with van der Waals surface area (Å²) in [5.41, 5.74) is 14.1. The molecule has 13 aromatic rings.